The molecule has 1 aliphatic heterocycles. The first kappa shape index (κ1) is 31.8. The maximum Gasteiger partial charge on any atom is 0.0556 e. The van der Waals surface area contributed by atoms with E-state index < -0.39 is 0 Å². The molecular weight excluding hydrogens is 589 g/mol. The van der Waals surface area contributed by atoms with Gasteiger partial charge in [-0.1, -0.05) is 0 Å². The van der Waals surface area contributed by atoms with Crippen LogP contribution in [-0.4, -0.2) is 98.9 Å². The van der Waals surface area contributed by atoms with E-state index in [0.717, 1.165) is 11.0 Å². The van der Waals surface area contributed by atoms with Crippen molar-refractivity contribution in [2.75, 3.05) is 88.8 Å². The van der Waals surface area contributed by atoms with E-state index in [1.54, 1.807) is 0 Å². The van der Waals surface area contributed by atoms with Crippen LogP contribution in [0.3, 0.4) is 0 Å². The Labute approximate surface area is 231 Å². The van der Waals surface area contributed by atoms with Crippen LogP contribution in [0.15, 0.2) is 0 Å². The highest BCUT2D eigenvalue weighted by Gasteiger charge is 2.09. The van der Waals surface area contributed by atoms with Gasteiger partial charge in [-0.05, 0) is 0 Å². The van der Waals surface area contributed by atoms with Gasteiger partial charge >= 0.3 is 0 Å². The summed E-state index contributed by atoms with van der Waals surface area (Å²) in [6.07, 6.45) is 0. The SMILES string of the molecule is OCCNCSCSCSCSCSCSCSCSCSCCN1CSCSC1. The van der Waals surface area contributed by atoms with E-state index >= 15 is 0 Å². The molecule has 3 nitrogen and oxygen atoms in total. The molecule has 1 saturated heterocycles. The monoisotopic (exact) mass is 622 g/mol. The molecule has 14 heteroatoms. The van der Waals surface area contributed by atoms with Crippen molar-refractivity contribution in [2.45, 2.75) is 0 Å². The Morgan fingerprint density at radius 1 is 0.667 bits per heavy atom. The molecule has 1 fully saturated rings. The van der Waals surface area contributed by atoms with Crippen LogP contribution in [0, 0.1) is 0 Å². The Morgan fingerprint density at radius 2 is 1.13 bits per heavy atom. The van der Waals surface area contributed by atoms with Crippen LogP contribution in [-0.2, 0) is 0 Å². The van der Waals surface area contributed by atoms with Crippen LogP contribution in [0.25, 0.3) is 0 Å². The Kier molecular flexibility index (Phi) is 28.9. The smallest absolute Gasteiger partial charge is 0.0556 e. The molecule has 0 unspecified atom stereocenters. The summed E-state index contributed by atoms with van der Waals surface area (Å²) in [5.41, 5.74) is 0. The van der Waals surface area contributed by atoms with Crippen LogP contribution in [0.4, 0.5) is 0 Å². The van der Waals surface area contributed by atoms with E-state index in [9.17, 15) is 0 Å². The number of aliphatic hydroxyl groups is 1. The van der Waals surface area contributed by atoms with E-state index in [1.165, 1.54) is 64.7 Å². The van der Waals surface area contributed by atoms with Gasteiger partial charge in [0.1, 0.15) is 0 Å². The summed E-state index contributed by atoms with van der Waals surface area (Å²) in [5.74, 6) is 4.68. The molecule has 180 valence electrons. The maximum absolute atomic E-state index is 8.67. The third-order valence-corrected chi connectivity index (χ3v) is 17.1. The lowest BCUT2D eigenvalue weighted by Gasteiger charge is -2.25. The number of thioether (sulfide) groups is 11. The summed E-state index contributed by atoms with van der Waals surface area (Å²) < 4.78 is 0. The highest BCUT2D eigenvalue weighted by atomic mass is 32.3. The molecular formula is C16H34N2OS11. The fourth-order valence-corrected chi connectivity index (χ4v) is 15.4. The molecule has 1 aliphatic rings. The summed E-state index contributed by atoms with van der Waals surface area (Å²) in [7, 11) is 0. The zero-order valence-corrected chi connectivity index (χ0v) is 26.2. The summed E-state index contributed by atoms with van der Waals surface area (Å²) in [4.78, 5) is 2.57. The van der Waals surface area contributed by atoms with Gasteiger partial charge in [0.2, 0.25) is 0 Å². The van der Waals surface area contributed by atoms with Crippen LogP contribution in [0.2, 0.25) is 0 Å². The quantitative estimate of drug-likeness (QED) is 0.0969. The number of nitrogens with one attached hydrogen (secondary N) is 1. The third-order valence-electron chi connectivity index (χ3n) is 3.09. The predicted molar refractivity (Wildman–Crippen MR) is 169 cm³/mol. The summed E-state index contributed by atoms with van der Waals surface area (Å²) in [5, 5.41) is 22.8. The first-order valence-electron chi connectivity index (χ1n) is 9.32. The number of hydrogen-bond acceptors (Lipinski definition) is 14. The molecule has 0 aromatic rings. The molecule has 0 atom stereocenters. The summed E-state index contributed by atoms with van der Waals surface area (Å²) >= 11 is 22.5. The van der Waals surface area contributed by atoms with Gasteiger partial charge in [-0.25, -0.2) is 0 Å². The molecule has 1 rings (SSSR count). The Morgan fingerprint density at radius 3 is 1.63 bits per heavy atom. The van der Waals surface area contributed by atoms with E-state index in [4.69, 9.17) is 5.11 Å². The first-order chi connectivity index (χ1) is 14.9. The second-order valence-electron chi connectivity index (χ2n) is 5.53. The van der Waals surface area contributed by atoms with Gasteiger partial charge in [0.25, 0.3) is 0 Å². The lowest BCUT2D eigenvalue weighted by atomic mass is 10.7. The average molecular weight is 623 g/mol. The van der Waals surface area contributed by atoms with Crippen molar-refractivity contribution >= 4 is 129 Å². The third kappa shape index (κ3) is 23.5. The number of hydrogen-bond donors (Lipinski definition) is 2. The zero-order chi connectivity index (χ0) is 21.4. The molecule has 1 heterocycles. The fraction of sp³-hybridized carbons (Fsp3) is 1.00. The molecule has 0 spiro atoms. The van der Waals surface area contributed by atoms with E-state index in [1.807, 2.05) is 35.3 Å². The second-order valence-corrected chi connectivity index (χ2v) is 19.7. The Bertz CT molecular complexity index is 344. The van der Waals surface area contributed by atoms with Gasteiger partial charge in [0.05, 0.1) is 6.61 Å². The standard InChI is InChI=1S/C16H34N2OS11/c19-3-1-17-5-21-9-25-12-27-14-29-16-30-15-28-13-26-11-24-8-20-4-2-18-6-22-10-23-7-18/h17,19H,1-16H2. The van der Waals surface area contributed by atoms with Gasteiger partial charge in [0.15, 0.2) is 0 Å². The van der Waals surface area contributed by atoms with Gasteiger partial charge in [-0.2, -0.15) is 0 Å². The molecule has 30 heavy (non-hydrogen) atoms. The van der Waals surface area contributed by atoms with E-state index in [-0.39, 0.29) is 6.61 Å². The molecule has 0 amide bonds. The van der Waals surface area contributed by atoms with Gasteiger partial charge in [-0.3, -0.25) is 4.90 Å². The zero-order valence-electron chi connectivity index (χ0n) is 17.2. The summed E-state index contributed by atoms with van der Waals surface area (Å²) in [6, 6.07) is 0. The molecule has 0 aliphatic carbocycles. The predicted octanol–water partition coefficient (Wildman–Crippen LogP) is 6.44. The first-order valence-corrected chi connectivity index (χ1v) is 22.0. The minimum atomic E-state index is 0.229. The minimum Gasteiger partial charge on any atom is -0.395 e. The topological polar surface area (TPSA) is 35.5 Å². The molecule has 0 aromatic carbocycles. The van der Waals surface area contributed by atoms with Crippen LogP contribution < -0.4 is 5.32 Å². The molecule has 0 radical (unpaired) electrons. The van der Waals surface area contributed by atoms with Crippen molar-refractivity contribution < 1.29 is 5.11 Å². The van der Waals surface area contributed by atoms with Crippen LogP contribution in [0.1, 0.15) is 0 Å². The number of aliphatic hydroxyl groups excluding tert-OH is 1. The number of nitrogens with zero attached hydrogens (tertiary/aromatic N) is 1. The lowest BCUT2D eigenvalue weighted by molar-refractivity contribution is 0.296. The van der Waals surface area contributed by atoms with Crippen molar-refractivity contribution in [3.8, 4) is 0 Å². The highest BCUT2D eigenvalue weighted by molar-refractivity contribution is 8.31. The Balaban J connectivity index is 1.63. The second kappa shape index (κ2) is 27.3. The molecule has 0 bridgehead atoms. The van der Waals surface area contributed by atoms with Crippen molar-refractivity contribution in [1.29, 1.82) is 0 Å². The van der Waals surface area contributed by atoms with Crippen molar-refractivity contribution in [3.05, 3.63) is 0 Å². The fourth-order valence-electron chi connectivity index (χ4n) is 1.79. The van der Waals surface area contributed by atoms with Gasteiger partial charge in [-0.15, -0.1) is 129 Å². The van der Waals surface area contributed by atoms with Gasteiger partial charge in [0, 0.05) is 82.2 Å². The van der Waals surface area contributed by atoms with E-state index in [0.29, 0.717) is 6.54 Å². The summed E-state index contributed by atoms with van der Waals surface area (Å²) in [6.45, 7) is 2.18. The van der Waals surface area contributed by atoms with E-state index in [2.05, 4.69) is 104 Å². The van der Waals surface area contributed by atoms with Crippen molar-refractivity contribution in [2.24, 2.45) is 0 Å². The van der Waals surface area contributed by atoms with Crippen molar-refractivity contribution in [3.63, 3.8) is 0 Å². The largest absolute Gasteiger partial charge is 0.395 e. The molecule has 0 saturated carbocycles. The Hall–Kier alpha value is 3.73. The normalized spacial score (nSPS) is 15.1. The average Bonchev–Trinajstić information content (AvgIpc) is 2.78. The lowest BCUT2D eigenvalue weighted by Crippen LogP contribution is -2.28. The van der Waals surface area contributed by atoms with Crippen molar-refractivity contribution in [1.82, 2.24) is 10.2 Å². The number of rotatable bonds is 23. The minimum absolute atomic E-state index is 0.229. The molecule has 0 aromatic heterocycles. The maximum atomic E-state index is 8.67. The highest BCUT2D eigenvalue weighted by Crippen LogP contribution is 2.27. The van der Waals surface area contributed by atoms with Crippen LogP contribution in [0.5, 0.6) is 0 Å². The van der Waals surface area contributed by atoms with Gasteiger partial charge < -0.3 is 10.4 Å². The van der Waals surface area contributed by atoms with Crippen LogP contribution >= 0.6 is 129 Å². The molecule has 2 N–H and O–H groups in total.